The van der Waals surface area contributed by atoms with Gasteiger partial charge in [-0.25, -0.2) is 0 Å². The van der Waals surface area contributed by atoms with Crippen LogP contribution in [0.1, 0.15) is 22.8 Å². The molecule has 17 heavy (non-hydrogen) atoms. The molecule has 0 aliphatic carbocycles. The first-order valence-electron chi connectivity index (χ1n) is 5.78. The Morgan fingerprint density at radius 1 is 1.47 bits per heavy atom. The number of carbonyl (C=O) groups excluding carboxylic acids is 1. The van der Waals surface area contributed by atoms with Gasteiger partial charge < -0.3 is 10.2 Å². The van der Waals surface area contributed by atoms with E-state index in [1.807, 2.05) is 32.2 Å². The number of carbonyl (C=O) groups is 1. The van der Waals surface area contributed by atoms with Crippen LogP contribution in [0.15, 0.2) is 22.7 Å². The average Bonchev–Trinajstić information content (AvgIpc) is 2.32. The van der Waals surface area contributed by atoms with E-state index in [4.69, 9.17) is 0 Å². The molecule has 0 aliphatic heterocycles. The summed E-state index contributed by atoms with van der Waals surface area (Å²) in [7, 11) is 2.04. The van der Waals surface area contributed by atoms with E-state index in [2.05, 4.69) is 33.1 Å². The van der Waals surface area contributed by atoms with Crippen molar-refractivity contribution in [1.82, 2.24) is 10.2 Å². The van der Waals surface area contributed by atoms with Crippen molar-refractivity contribution in [3.05, 3.63) is 33.8 Å². The van der Waals surface area contributed by atoms with Crippen molar-refractivity contribution in [2.24, 2.45) is 0 Å². The van der Waals surface area contributed by atoms with Gasteiger partial charge in [-0.1, -0.05) is 28.9 Å². The molecular formula is C13H19BrN2O. The van der Waals surface area contributed by atoms with Gasteiger partial charge in [0.25, 0.3) is 5.91 Å². The third-order valence-corrected chi connectivity index (χ3v) is 3.69. The second kappa shape index (κ2) is 6.77. The molecule has 0 fully saturated rings. The zero-order valence-electron chi connectivity index (χ0n) is 10.6. The fraction of sp³-hybridized carbons (Fsp3) is 0.462. The standard InChI is InChI=1S/C13H19BrN2O/c1-4-16(3)9-8-15-13(17)11-6-5-7-12(14)10(11)2/h5-7H,4,8-9H2,1-3H3,(H,15,17). The molecule has 0 aliphatic rings. The maximum Gasteiger partial charge on any atom is 0.251 e. The first kappa shape index (κ1) is 14.2. The van der Waals surface area contributed by atoms with Gasteiger partial charge in [-0.3, -0.25) is 4.79 Å². The van der Waals surface area contributed by atoms with Gasteiger partial charge in [0.05, 0.1) is 0 Å². The van der Waals surface area contributed by atoms with Crippen LogP contribution in [0.5, 0.6) is 0 Å². The van der Waals surface area contributed by atoms with E-state index < -0.39 is 0 Å². The largest absolute Gasteiger partial charge is 0.351 e. The molecule has 1 amide bonds. The van der Waals surface area contributed by atoms with Gasteiger partial charge in [0.2, 0.25) is 0 Å². The summed E-state index contributed by atoms with van der Waals surface area (Å²) in [4.78, 5) is 14.1. The highest BCUT2D eigenvalue weighted by molar-refractivity contribution is 9.10. The Morgan fingerprint density at radius 3 is 2.82 bits per heavy atom. The molecule has 4 heteroatoms. The number of likely N-dealkylation sites (N-methyl/N-ethyl adjacent to an activating group) is 1. The summed E-state index contributed by atoms with van der Waals surface area (Å²) in [5.74, 6) is -0.00620. The number of hydrogen-bond acceptors (Lipinski definition) is 2. The second-order valence-electron chi connectivity index (χ2n) is 4.06. The van der Waals surface area contributed by atoms with Crippen LogP contribution < -0.4 is 5.32 Å². The first-order chi connectivity index (χ1) is 8.06. The topological polar surface area (TPSA) is 32.3 Å². The minimum absolute atomic E-state index is 0.00620. The summed E-state index contributed by atoms with van der Waals surface area (Å²) in [5, 5.41) is 2.93. The van der Waals surface area contributed by atoms with E-state index in [1.165, 1.54) is 0 Å². The van der Waals surface area contributed by atoms with Crippen LogP contribution in [0.2, 0.25) is 0 Å². The Morgan fingerprint density at radius 2 is 2.18 bits per heavy atom. The molecule has 0 atom stereocenters. The first-order valence-corrected chi connectivity index (χ1v) is 6.57. The number of nitrogens with zero attached hydrogens (tertiary/aromatic N) is 1. The second-order valence-corrected chi connectivity index (χ2v) is 4.92. The predicted molar refractivity (Wildman–Crippen MR) is 74.4 cm³/mol. The minimum atomic E-state index is -0.00620. The van der Waals surface area contributed by atoms with Gasteiger partial charge in [-0.05, 0) is 38.2 Å². The lowest BCUT2D eigenvalue weighted by Gasteiger charge is -2.14. The third-order valence-electron chi connectivity index (χ3n) is 2.83. The Hall–Kier alpha value is -0.870. The molecule has 0 spiro atoms. The molecule has 0 unspecified atom stereocenters. The summed E-state index contributed by atoms with van der Waals surface area (Å²) < 4.78 is 0.968. The molecule has 0 radical (unpaired) electrons. The Kier molecular flexibility index (Phi) is 5.65. The lowest BCUT2D eigenvalue weighted by Crippen LogP contribution is -2.33. The predicted octanol–water partition coefficient (Wildman–Crippen LogP) is 2.44. The molecule has 0 heterocycles. The van der Waals surface area contributed by atoms with Crippen molar-refractivity contribution in [2.45, 2.75) is 13.8 Å². The third kappa shape index (κ3) is 4.13. The van der Waals surface area contributed by atoms with E-state index >= 15 is 0 Å². The Bertz CT molecular complexity index is 393. The maximum atomic E-state index is 11.9. The molecule has 1 N–H and O–H groups in total. The molecule has 0 saturated carbocycles. The Labute approximate surface area is 111 Å². The summed E-state index contributed by atoms with van der Waals surface area (Å²) in [6.07, 6.45) is 0. The number of halogens is 1. The highest BCUT2D eigenvalue weighted by Crippen LogP contribution is 2.19. The molecule has 0 bridgehead atoms. The lowest BCUT2D eigenvalue weighted by atomic mass is 10.1. The Balaban J connectivity index is 2.56. The zero-order chi connectivity index (χ0) is 12.8. The van der Waals surface area contributed by atoms with Crippen molar-refractivity contribution < 1.29 is 4.79 Å². The minimum Gasteiger partial charge on any atom is -0.351 e. The van der Waals surface area contributed by atoms with Gasteiger partial charge in [0.15, 0.2) is 0 Å². The fourth-order valence-electron chi connectivity index (χ4n) is 1.47. The zero-order valence-corrected chi connectivity index (χ0v) is 12.2. The smallest absolute Gasteiger partial charge is 0.251 e. The van der Waals surface area contributed by atoms with E-state index in [9.17, 15) is 4.79 Å². The van der Waals surface area contributed by atoms with Gasteiger partial charge in [-0.15, -0.1) is 0 Å². The normalized spacial score (nSPS) is 10.6. The quantitative estimate of drug-likeness (QED) is 0.905. The monoisotopic (exact) mass is 298 g/mol. The fourth-order valence-corrected chi connectivity index (χ4v) is 1.83. The summed E-state index contributed by atoms with van der Waals surface area (Å²) in [6.45, 7) is 6.58. The van der Waals surface area contributed by atoms with Crippen molar-refractivity contribution in [3.8, 4) is 0 Å². The maximum absolute atomic E-state index is 11.9. The van der Waals surface area contributed by atoms with Crippen molar-refractivity contribution >= 4 is 21.8 Å². The van der Waals surface area contributed by atoms with Crippen molar-refractivity contribution in [3.63, 3.8) is 0 Å². The van der Waals surface area contributed by atoms with Crippen molar-refractivity contribution in [1.29, 1.82) is 0 Å². The van der Waals surface area contributed by atoms with Crippen LogP contribution in [0.4, 0.5) is 0 Å². The summed E-state index contributed by atoms with van der Waals surface area (Å²) >= 11 is 3.43. The number of hydrogen-bond donors (Lipinski definition) is 1. The van der Waals surface area contributed by atoms with Gasteiger partial charge >= 0.3 is 0 Å². The average molecular weight is 299 g/mol. The summed E-state index contributed by atoms with van der Waals surface area (Å²) in [6, 6.07) is 5.67. The van der Waals surface area contributed by atoms with Gasteiger partial charge in [0.1, 0.15) is 0 Å². The molecule has 94 valence electrons. The molecule has 0 aromatic heterocycles. The van der Waals surface area contributed by atoms with E-state index in [0.717, 1.165) is 28.7 Å². The van der Waals surface area contributed by atoms with Crippen LogP contribution in [0.3, 0.4) is 0 Å². The number of rotatable bonds is 5. The molecule has 1 rings (SSSR count). The van der Waals surface area contributed by atoms with E-state index in [1.54, 1.807) is 0 Å². The van der Waals surface area contributed by atoms with Crippen LogP contribution in [-0.2, 0) is 0 Å². The number of benzene rings is 1. The van der Waals surface area contributed by atoms with E-state index in [0.29, 0.717) is 6.54 Å². The lowest BCUT2D eigenvalue weighted by molar-refractivity contribution is 0.0949. The molecule has 0 saturated heterocycles. The molecule has 3 nitrogen and oxygen atoms in total. The van der Waals surface area contributed by atoms with Crippen molar-refractivity contribution in [2.75, 3.05) is 26.7 Å². The highest BCUT2D eigenvalue weighted by Gasteiger charge is 2.09. The highest BCUT2D eigenvalue weighted by atomic mass is 79.9. The van der Waals surface area contributed by atoms with Crippen LogP contribution in [0, 0.1) is 6.92 Å². The molecular weight excluding hydrogens is 280 g/mol. The van der Waals surface area contributed by atoms with Crippen LogP contribution in [-0.4, -0.2) is 37.5 Å². The number of amides is 1. The molecule has 1 aromatic rings. The van der Waals surface area contributed by atoms with Crippen LogP contribution in [0.25, 0.3) is 0 Å². The number of nitrogens with one attached hydrogen (secondary N) is 1. The van der Waals surface area contributed by atoms with Crippen LogP contribution >= 0.6 is 15.9 Å². The van der Waals surface area contributed by atoms with Gasteiger partial charge in [-0.2, -0.15) is 0 Å². The SMILES string of the molecule is CCN(C)CCNC(=O)c1cccc(Br)c1C. The van der Waals surface area contributed by atoms with E-state index in [-0.39, 0.29) is 5.91 Å². The summed E-state index contributed by atoms with van der Waals surface area (Å²) in [5.41, 5.74) is 1.72. The van der Waals surface area contributed by atoms with Gasteiger partial charge in [0, 0.05) is 23.1 Å². The molecule has 1 aromatic carbocycles.